The Morgan fingerprint density at radius 2 is 1.96 bits per heavy atom. The molecule has 5 heteroatoms. The van der Waals surface area contributed by atoms with Gasteiger partial charge in [0.25, 0.3) is 5.91 Å². The summed E-state index contributed by atoms with van der Waals surface area (Å²) in [5.41, 5.74) is 3.04. The predicted molar refractivity (Wildman–Crippen MR) is 107 cm³/mol. The largest absolute Gasteiger partial charge is 0.489 e. The molecule has 0 radical (unpaired) electrons. The molecule has 1 aromatic heterocycles. The molecule has 1 unspecified atom stereocenters. The number of halogens is 1. The van der Waals surface area contributed by atoms with E-state index in [4.69, 9.17) is 16.3 Å². The van der Waals surface area contributed by atoms with Gasteiger partial charge in [0.2, 0.25) is 0 Å². The minimum atomic E-state index is -0.0692. The van der Waals surface area contributed by atoms with E-state index in [1.54, 1.807) is 6.07 Å². The molecule has 0 aliphatic heterocycles. The van der Waals surface area contributed by atoms with Gasteiger partial charge in [-0.15, -0.1) is 11.3 Å². The van der Waals surface area contributed by atoms with E-state index in [2.05, 4.69) is 5.32 Å². The Hall–Kier alpha value is -2.30. The molecule has 0 spiro atoms. The molecule has 0 fully saturated rings. The van der Waals surface area contributed by atoms with E-state index < -0.39 is 0 Å². The fraction of sp³-hybridized carbons (Fsp3) is 0.190. The van der Waals surface area contributed by atoms with E-state index in [1.807, 2.05) is 67.8 Å². The lowest BCUT2D eigenvalue weighted by Crippen LogP contribution is -2.25. The summed E-state index contributed by atoms with van der Waals surface area (Å²) >= 11 is 7.38. The molecule has 1 heterocycles. The van der Waals surface area contributed by atoms with Crippen LogP contribution < -0.4 is 10.1 Å². The van der Waals surface area contributed by atoms with Gasteiger partial charge >= 0.3 is 0 Å². The lowest BCUT2D eigenvalue weighted by atomic mass is 10.1. The van der Waals surface area contributed by atoms with Gasteiger partial charge in [0.1, 0.15) is 12.4 Å². The van der Waals surface area contributed by atoms with Crippen molar-refractivity contribution in [2.75, 3.05) is 0 Å². The molecule has 134 valence electrons. The van der Waals surface area contributed by atoms with E-state index in [0.29, 0.717) is 16.5 Å². The van der Waals surface area contributed by atoms with E-state index in [0.717, 1.165) is 22.4 Å². The van der Waals surface area contributed by atoms with Crippen molar-refractivity contribution >= 4 is 28.8 Å². The van der Waals surface area contributed by atoms with Gasteiger partial charge in [-0.1, -0.05) is 41.9 Å². The number of amides is 1. The molecule has 0 saturated carbocycles. The Morgan fingerprint density at radius 3 is 2.69 bits per heavy atom. The maximum atomic E-state index is 12.5. The van der Waals surface area contributed by atoms with Crippen LogP contribution in [0.3, 0.4) is 0 Å². The van der Waals surface area contributed by atoms with Crippen LogP contribution in [0.15, 0.2) is 60.0 Å². The first-order valence-electron chi connectivity index (χ1n) is 8.35. The first-order chi connectivity index (χ1) is 12.5. The summed E-state index contributed by atoms with van der Waals surface area (Å²) in [6.07, 6.45) is 0. The van der Waals surface area contributed by atoms with Crippen LogP contribution in [0.25, 0.3) is 0 Å². The smallest absolute Gasteiger partial charge is 0.261 e. The summed E-state index contributed by atoms with van der Waals surface area (Å²) in [7, 11) is 0. The van der Waals surface area contributed by atoms with Crippen LogP contribution in [0.5, 0.6) is 5.75 Å². The molecule has 3 rings (SSSR count). The molecular weight excluding hydrogens is 366 g/mol. The number of ether oxygens (including phenoxy) is 1. The molecule has 0 bridgehead atoms. The normalized spacial score (nSPS) is 11.8. The Balaban J connectivity index is 1.59. The van der Waals surface area contributed by atoms with Crippen LogP contribution in [0, 0.1) is 6.92 Å². The molecule has 3 aromatic rings. The second-order valence-electron chi connectivity index (χ2n) is 6.12. The van der Waals surface area contributed by atoms with Gasteiger partial charge in [-0.2, -0.15) is 0 Å². The summed E-state index contributed by atoms with van der Waals surface area (Å²) in [5.74, 6) is 0.726. The SMILES string of the molecule is Cc1cc(Cl)ccc1OCc1csc(C(=O)NC(C)c2ccccc2)c1. The molecule has 0 saturated heterocycles. The molecule has 1 N–H and O–H groups in total. The summed E-state index contributed by atoms with van der Waals surface area (Å²) < 4.78 is 5.84. The lowest BCUT2D eigenvalue weighted by molar-refractivity contribution is 0.0944. The number of aryl methyl sites for hydroxylation is 1. The molecule has 26 heavy (non-hydrogen) atoms. The number of rotatable bonds is 6. The van der Waals surface area contributed by atoms with Crippen molar-refractivity contribution in [2.24, 2.45) is 0 Å². The van der Waals surface area contributed by atoms with E-state index in [1.165, 1.54) is 11.3 Å². The Bertz CT molecular complexity index is 892. The summed E-state index contributed by atoms with van der Waals surface area (Å²) in [6.45, 7) is 4.35. The number of hydrogen-bond donors (Lipinski definition) is 1. The highest BCUT2D eigenvalue weighted by molar-refractivity contribution is 7.12. The Labute approximate surface area is 162 Å². The zero-order valence-electron chi connectivity index (χ0n) is 14.7. The predicted octanol–water partition coefficient (Wildman–Crippen LogP) is 5.78. The number of carbonyl (C=O) groups is 1. The molecule has 1 amide bonds. The third-order valence-electron chi connectivity index (χ3n) is 4.06. The highest BCUT2D eigenvalue weighted by atomic mass is 35.5. The zero-order valence-corrected chi connectivity index (χ0v) is 16.2. The molecule has 0 aliphatic rings. The third kappa shape index (κ3) is 4.65. The van der Waals surface area contributed by atoms with Crippen molar-refractivity contribution in [3.05, 3.63) is 86.6 Å². The van der Waals surface area contributed by atoms with Gasteiger partial charge in [-0.25, -0.2) is 0 Å². The minimum absolute atomic E-state index is 0.0396. The molecule has 1 atom stereocenters. The van der Waals surface area contributed by atoms with Gasteiger partial charge in [0.15, 0.2) is 0 Å². The van der Waals surface area contributed by atoms with Gasteiger partial charge in [-0.3, -0.25) is 4.79 Å². The first kappa shape index (κ1) is 18.5. The minimum Gasteiger partial charge on any atom is -0.489 e. The zero-order chi connectivity index (χ0) is 18.5. The fourth-order valence-corrected chi connectivity index (χ4v) is 3.63. The highest BCUT2D eigenvalue weighted by Crippen LogP contribution is 2.24. The van der Waals surface area contributed by atoms with Gasteiger partial charge in [0.05, 0.1) is 10.9 Å². The molecule has 2 aromatic carbocycles. The number of carbonyl (C=O) groups excluding carboxylic acids is 1. The van der Waals surface area contributed by atoms with Gasteiger partial charge in [0, 0.05) is 10.6 Å². The number of benzene rings is 2. The third-order valence-corrected chi connectivity index (χ3v) is 5.27. The van der Waals surface area contributed by atoms with Crippen molar-refractivity contribution in [3.63, 3.8) is 0 Å². The van der Waals surface area contributed by atoms with Crippen LogP contribution >= 0.6 is 22.9 Å². The summed E-state index contributed by atoms with van der Waals surface area (Å²) in [5, 5.41) is 5.67. The number of thiophene rings is 1. The van der Waals surface area contributed by atoms with Crippen LogP contribution in [-0.4, -0.2) is 5.91 Å². The van der Waals surface area contributed by atoms with Crippen molar-refractivity contribution in [1.29, 1.82) is 0 Å². The van der Waals surface area contributed by atoms with Crippen molar-refractivity contribution in [1.82, 2.24) is 5.32 Å². The molecular formula is C21H20ClNO2S. The topological polar surface area (TPSA) is 38.3 Å². The summed E-state index contributed by atoms with van der Waals surface area (Å²) in [4.78, 5) is 13.1. The summed E-state index contributed by atoms with van der Waals surface area (Å²) in [6, 6.07) is 17.3. The Kier molecular flexibility index (Phi) is 5.96. The lowest BCUT2D eigenvalue weighted by Gasteiger charge is -2.13. The van der Waals surface area contributed by atoms with E-state index in [-0.39, 0.29) is 11.9 Å². The van der Waals surface area contributed by atoms with Gasteiger partial charge < -0.3 is 10.1 Å². The van der Waals surface area contributed by atoms with E-state index >= 15 is 0 Å². The van der Waals surface area contributed by atoms with Crippen molar-refractivity contribution < 1.29 is 9.53 Å². The van der Waals surface area contributed by atoms with Crippen LogP contribution in [0.1, 0.15) is 39.3 Å². The van der Waals surface area contributed by atoms with Gasteiger partial charge in [-0.05, 0) is 54.6 Å². The Morgan fingerprint density at radius 1 is 1.19 bits per heavy atom. The van der Waals surface area contributed by atoms with Crippen LogP contribution in [-0.2, 0) is 6.61 Å². The average molecular weight is 386 g/mol. The molecule has 0 aliphatic carbocycles. The van der Waals surface area contributed by atoms with E-state index in [9.17, 15) is 4.79 Å². The molecule has 3 nitrogen and oxygen atoms in total. The number of nitrogens with one attached hydrogen (secondary N) is 1. The first-order valence-corrected chi connectivity index (χ1v) is 9.61. The average Bonchev–Trinajstić information content (AvgIpc) is 3.11. The number of hydrogen-bond acceptors (Lipinski definition) is 3. The standard InChI is InChI=1S/C21H20ClNO2S/c1-14-10-18(22)8-9-19(14)25-12-16-11-20(26-13-16)21(24)23-15(2)17-6-4-3-5-7-17/h3-11,13,15H,12H2,1-2H3,(H,23,24). The monoisotopic (exact) mass is 385 g/mol. The van der Waals surface area contributed by atoms with Crippen molar-refractivity contribution in [2.45, 2.75) is 26.5 Å². The maximum absolute atomic E-state index is 12.5. The highest BCUT2D eigenvalue weighted by Gasteiger charge is 2.13. The van der Waals surface area contributed by atoms with Crippen molar-refractivity contribution in [3.8, 4) is 5.75 Å². The fourth-order valence-electron chi connectivity index (χ4n) is 2.60. The second kappa shape index (κ2) is 8.39. The quantitative estimate of drug-likeness (QED) is 0.584. The van der Waals surface area contributed by atoms with Crippen LogP contribution in [0.2, 0.25) is 5.02 Å². The maximum Gasteiger partial charge on any atom is 0.261 e. The van der Waals surface area contributed by atoms with Crippen LogP contribution in [0.4, 0.5) is 0 Å². The second-order valence-corrected chi connectivity index (χ2v) is 7.47.